The lowest BCUT2D eigenvalue weighted by Crippen LogP contribution is -2.13. The molecule has 0 aliphatic rings. The molecule has 20 heavy (non-hydrogen) atoms. The van der Waals surface area contributed by atoms with Crippen molar-refractivity contribution < 1.29 is 0 Å². The van der Waals surface area contributed by atoms with Crippen molar-refractivity contribution in [2.45, 2.75) is 13.3 Å². The fraction of sp³-hybridized carbons (Fsp3) is 0.235. The average molecular weight is 267 g/mol. The number of allylic oxidation sites excluding steroid dienone is 1. The topological polar surface area (TPSA) is 21.1 Å². The minimum Gasteiger partial charge on any atom is -0.377 e. The molecule has 0 fully saturated rings. The van der Waals surface area contributed by atoms with E-state index in [9.17, 15) is 0 Å². The predicted octanol–water partition coefficient (Wildman–Crippen LogP) is 3.62. The minimum absolute atomic E-state index is 0.872. The van der Waals surface area contributed by atoms with Crippen molar-refractivity contribution in [2.24, 2.45) is 0 Å². The smallest absolute Gasteiger partial charge is 0.0669 e. The maximum Gasteiger partial charge on any atom is 0.0669 e. The van der Waals surface area contributed by atoms with Gasteiger partial charge in [0.15, 0.2) is 0 Å². The van der Waals surface area contributed by atoms with Crippen LogP contribution in [0.4, 0.5) is 5.69 Å². The molecular formula is C17H21N3. The summed E-state index contributed by atoms with van der Waals surface area (Å²) in [6, 6.07) is 4.32. The Hall–Kier alpha value is -2.29. The van der Waals surface area contributed by atoms with Crippen molar-refractivity contribution in [3.8, 4) is 5.69 Å². The molecule has 3 heteroatoms. The first-order chi connectivity index (χ1) is 9.56. The molecule has 0 N–H and O–H groups in total. The van der Waals surface area contributed by atoms with Gasteiger partial charge in [-0.05, 0) is 36.6 Å². The van der Waals surface area contributed by atoms with Crippen LogP contribution in [0, 0.1) is 6.92 Å². The molecule has 0 saturated carbocycles. The number of hydrogen-bond donors (Lipinski definition) is 0. The van der Waals surface area contributed by atoms with Crippen LogP contribution in [0.25, 0.3) is 11.8 Å². The van der Waals surface area contributed by atoms with Crippen molar-refractivity contribution in [2.75, 3.05) is 19.0 Å². The summed E-state index contributed by atoms with van der Waals surface area (Å²) in [7, 11) is 4.12. The molecule has 1 aromatic heterocycles. The quantitative estimate of drug-likeness (QED) is 0.772. The summed E-state index contributed by atoms with van der Waals surface area (Å²) in [5.41, 5.74) is 5.85. The lowest BCUT2D eigenvalue weighted by Gasteiger charge is -2.20. The minimum atomic E-state index is 0.872. The van der Waals surface area contributed by atoms with Crippen LogP contribution < -0.4 is 4.90 Å². The molecule has 0 atom stereocenters. The second-order valence-electron chi connectivity index (χ2n) is 5.07. The van der Waals surface area contributed by atoms with Gasteiger partial charge < -0.3 is 4.90 Å². The van der Waals surface area contributed by atoms with Gasteiger partial charge in [0.05, 0.1) is 11.9 Å². The third kappa shape index (κ3) is 2.67. The highest BCUT2D eigenvalue weighted by Crippen LogP contribution is 2.27. The van der Waals surface area contributed by atoms with Crippen molar-refractivity contribution in [1.29, 1.82) is 0 Å². The maximum atomic E-state index is 4.38. The molecule has 0 radical (unpaired) electrons. The van der Waals surface area contributed by atoms with Gasteiger partial charge in [-0.15, -0.1) is 6.58 Å². The van der Waals surface area contributed by atoms with E-state index in [1.165, 1.54) is 16.8 Å². The van der Waals surface area contributed by atoms with E-state index in [-0.39, 0.29) is 0 Å². The molecule has 0 bridgehead atoms. The van der Waals surface area contributed by atoms with Crippen LogP contribution in [-0.4, -0.2) is 23.9 Å². The second kappa shape index (κ2) is 5.78. The van der Waals surface area contributed by atoms with Gasteiger partial charge in [0.1, 0.15) is 0 Å². The maximum absolute atomic E-state index is 4.38. The summed E-state index contributed by atoms with van der Waals surface area (Å²) in [6.07, 6.45) is 8.41. The van der Waals surface area contributed by atoms with Crippen LogP contribution in [0.1, 0.15) is 16.7 Å². The lowest BCUT2D eigenvalue weighted by atomic mass is 10.0. The van der Waals surface area contributed by atoms with Gasteiger partial charge >= 0.3 is 0 Å². The number of anilines is 1. The fourth-order valence-corrected chi connectivity index (χ4v) is 2.30. The van der Waals surface area contributed by atoms with Gasteiger partial charge in [-0.3, -0.25) is 0 Å². The largest absolute Gasteiger partial charge is 0.377 e. The summed E-state index contributed by atoms with van der Waals surface area (Å²) in [4.78, 5) is 2.13. The van der Waals surface area contributed by atoms with Gasteiger partial charge in [-0.1, -0.05) is 18.7 Å². The Morgan fingerprint density at radius 3 is 2.60 bits per heavy atom. The van der Waals surface area contributed by atoms with Crippen LogP contribution >= 0.6 is 0 Å². The van der Waals surface area contributed by atoms with E-state index < -0.39 is 0 Å². The van der Waals surface area contributed by atoms with E-state index in [1.807, 2.05) is 23.2 Å². The zero-order chi connectivity index (χ0) is 14.7. The summed E-state index contributed by atoms with van der Waals surface area (Å²) in [5, 5.41) is 4.38. The van der Waals surface area contributed by atoms with E-state index in [1.54, 1.807) is 6.08 Å². The number of benzene rings is 1. The lowest BCUT2D eigenvalue weighted by molar-refractivity contribution is 0.876. The summed E-state index contributed by atoms with van der Waals surface area (Å²) in [6.45, 7) is 9.74. The highest BCUT2D eigenvalue weighted by molar-refractivity contribution is 5.62. The zero-order valence-corrected chi connectivity index (χ0v) is 12.4. The standard InChI is InChI=1S/C17H21N3/c1-6-8-16-13(3)9-15(10-17(16)19(4)5)20-12-14(7-2)11-18-20/h6-7,9-12H,1-2,8H2,3-5H3. The van der Waals surface area contributed by atoms with E-state index in [4.69, 9.17) is 0 Å². The van der Waals surface area contributed by atoms with Crippen molar-refractivity contribution in [3.63, 3.8) is 0 Å². The van der Waals surface area contributed by atoms with Gasteiger partial charge in [0.2, 0.25) is 0 Å². The highest BCUT2D eigenvalue weighted by Gasteiger charge is 2.10. The van der Waals surface area contributed by atoms with Crippen LogP contribution in [0.5, 0.6) is 0 Å². The molecule has 104 valence electrons. The number of aromatic nitrogens is 2. The molecule has 1 aromatic carbocycles. The highest BCUT2D eigenvalue weighted by atomic mass is 15.3. The molecule has 0 aliphatic carbocycles. The summed E-state index contributed by atoms with van der Waals surface area (Å²) < 4.78 is 1.88. The average Bonchev–Trinajstić information content (AvgIpc) is 2.89. The molecule has 1 heterocycles. The van der Waals surface area contributed by atoms with Crippen LogP contribution in [0.15, 0.2) is 43.8 Å². The Bertz CT molecular complexity index is 636. The van der Waals surface area contributed by atoms with E-state index in [0.29, 0.717) is 0 Å². The Balaban J connectivity index is 2.55. The third-order valence-corrected chi connectivity index (χ3v) is 3.37. The Labute approximate surface area is 120 Å². The van der Waals surface area contributed by atoms with Gasteiger partial charge in [-0.2, -0.15) is 5.10 Å². The third-order valence-electron chi connectivity index (χ3n) is 3.37. The van der Waals surface area contributed by atoms with Crippen LogP contribution in [0.2, 0.25) is 0 Å². The van der Waals surface area contributed by atoms with Crippen molar-refractivity contribution in [1.82, 2.24) is 9.78 Å². The van der Waals surface area contributed by atoms with E-state index >= 15 is 0 Å². The molecule has 2 aromatic rings. The zero-order valence-electron chi connectivity index (χ0n) is 12.4. The number of hydrogen-bond acceptors (Lipinski definition) is 2. The van der Waals surface area contributed by atoms with Crippen molar-refractivity contribution in [3.05, 3.63) is 60.5 Å². The monoisotopic (exact) mass is 267 g/mol. The Morgan fingerprint density at radius 2 is 2.05 bits per heavy atom. The molecule has 0 unspecified atom stereocenters. The molecule has 0 spiro atoms. The first kappa shape index (κ1) is 14.1. The summed E-state index contributed by atoms with van der Waals surface area (Å²) >= 11 is 0. The molecular weight excluding hydrogens is 246 g/mol. The van der Waals surface area contributed by atoms with Gasteiger partial charge in [0.25, 0.3) is 0 Å². The van der Waals surface area contributed by atoms with Gasteiger partial charge in [0, 0.05) is 31.5 Å². The molecule has 2 rings (SSSR count). The first-order valence-electron chi connectivity index (χ1n) is 6.66. The van der Waals surface area contributed by atoms with E-state index in [0.717, 1.165) is 17.7 Å². The molecule has 3 nitrogen and oxygen atoms in total. The van der Waals surface area contributed by atoms with Gasteiger partial charge in [-0.25, -0.2) is 4.68 Å². The predicted molar refractivity (Wildman–Crippen MR) is 86.6 cm³/mol. The number of nitrogens with zero attached hydrogens (tertiary/aromatic N) is 3. The summed E-state index contributed by atoms with van der Waals surface area (Å²) in [5.74, 6) is 0. The SMILES string of the molecule is C=CCc1c(C)cc(-n2cc(C=C)cn2)cc1N(C)C. The Morgan fingerprint density at radius 1 is 1.30 bits per heavy atom. The fourth-order valence-electron chi connectivity index (χ4n) is 2.30. The molecule has 0 saturated heterocycles. The Kier molecular flexibility index (Phi) is 4.08. The molecule has 0 amide bonds. The van der Waals surface area contributed by atoms with Crippen LogP contribution in [-0.2, 0) is 6.42 Å². The first-order valence-corrected chi connectivity index (χ1v) is 6.66. The number of aryl methyl sites for hydroxylation is 1. The number of rotatable bonds is 5. The van der Waals surface area contributed by atoms with E-state index in [2.05, 4.69) is 56.3 Å². The van der Waals surface area contributed by atoms with Crippen molar-refractivity contribution >= 4 is 11.8 Å². The second-order valence-corrected chi connectivity index (χ2v) is 5.07. The normalized spacial score (nSPS) is 10.3. The molecule has 0 aliphatic heterocycles. The van der Waals surface area contributed by atoms with Crippen LogP contribution in [0.3, 0.4) is 0 Å².